The van der Waals surface area contributed by atoms with Gasteiger partial charge in [0.2, 0.25) is 0 Å². The van der Waals surface area contributed by atoms with Gasteiger partial charge in [-0.3, -0.25) is 9.89 Å². The SMILES string of the molecule is C=C(C)c1ccc(C2=NCCN2CCC)cc1.CCC=C(OC)C(/C(C)=C/c1cc(C)ccc1C)N1CCCCC1. The van der Waals surface area contributed by atoms with Crippen LogP contribution in [-0.2, 0) is 4.74 Å². The van der Waals surface area contributed by atoms with E-state index >= 15 is 0 Å². The molecule has 0 spiro atoms. The zero-order chi connectivity index (χ0) is 29.8. The van der Waals surface area contributed by atoms with Crippen LogP contribution in [0.1, 0.15) is 87.6 Å². The number of allylic oxidation sites excluding steroid dienone is 2. The number of methoxy groups -OCH3 is 1. The van der Waals surface area contributed by atoms with Crippen molar-refractivity contribution < 1.29 is 4.74 Å². The van der Waals surface area contributed by atoms with Crippen LogP contribution in [0.25, 0.3) is 11.6 Å². The molecule has 1 atom stereocenters. The first-order valence-corrected chi connectivity index (χ1v) is 15.6. The molecule has 0 aliphatic carbocycles. The number of amidine groups is 1. The van der Waals surface area contributed by atoms with E-state index in [2.05, 4.69) is 111 Å². The van der Waals surface area contributed by atoms with Crippen molar-refractivity contribution in [1.82, 2.24) is 9.80 Å². The molecule has 4 rings (SSSR count). The summed E-state index contributed by atoms with van der Waals surface area (Å²) in [6, 6.07) is 15.5. The minimum absolute atomic E-state index is 0.259. The van der Waals surface area contributed by atoms with Crippen molar-refractivity contribution in [3.05, 3.63) is 94.3 Å². The summed E-state index contributed by atoms with van der Waals surface area (Å²) in [7, 11) is 1.81. The van der Waals surface area contributed by atoms with Crippen molar-refractivity contribution in [2.24, 2.45) is 4.99 Å². The van der Waals surface area contributed by atoms with Gasteiger partial charge in [0.25, 0.3) is 0 Å². The second-order valence-corrected chi connectivity index (χ2v) is 11.5. The summed E-state index contributed by atoms with van der Waals surface area (Å²) < 4.78 is 5.80. The van der Waals surface area contributed by atoms with Crippen molar-refractivity contribution in [2.75, 3.05) is 39.8 Å². The third-order valence-corrected chi connectivity index (χ3v) is 7.98. The third kappa shape index (κ3) is 9.19. The number of benzene rings is 2. The number of ether oxygens (including phenoxy) is 1. The summed E-state index contributed by atoms with van der Waals surface area (Å²) >= 11 is 0. The van der Waals surface area contributed by atoms with Crippen molar-refractivity contribution in [3.8, 4) is 0 Å². The van der Waals surface area contributed by atoms with Crippen molar-refractivity contribution in [3.63, 3.8) is 0 Å². The molecule has 2 heterocycles. The van der Waals surface area contributed by atoms with Gasteiger partial charge in [0, 0.05) is 18.7 Å². The Morgan fingerprint density at radius 3 is 2.32 bits per heavy atom. The summed E-state index contributed by atoms with van der Waals surface area (Å²) in [5.41, 5.74) is 8.86. The Labute approximate surface area is 250 Å². The van der Waals surface area contributed by atoms with Gasteiger partial charge in [-0.2, -0.15) is 0 Å². The molecular formula is C37H53N3O. The van der Waals surface area contributed by atoms with Crippen LogP contribution in [0.3, 0.4) is 0 Å². The lowest BCUT2D eigenvalue weighted by Gasteiger charge is -2.36. The molecule has 2 aromatic rings. The van der Waals surface area contributed by atoms with Crippen LogP contribution in [0.15, 0.2) is 71.4 Å². The molecule has 2 aliphatic heterocycles. The maximum Gasteiger partial charge on any atom is 0.131 e. The molecule has 0 aromatic heterocycles. The summed E-state index contributed by atoms with van der Waals surface area (Å²) in [5, 5.41) is 0. The van der Waals surface area contributed by atoms with E-state index in [0.717, 1.165) is 56.3 Å². The smallest absolute Gasteiger partial charge is 0.131 e. The van der Waals surface area contributed by atoms with Crippen LogP contribution in [0.4, 0.5) is 0 Å². The second kappa shape index (κ2) is 16.4. The van der Waals surface area contributed by atoms with Gasteiger partial charge in [-0.05, 0) is 94.8 Å². The molecule has 222 valence electrons. The highest BCUT2D eigenvalue weighted by Gasteiger charge is 2.26. The van der Waals surface area contributed by atoms with Crippen LogP contribution in [0.2, 0.25) is 0 Å². The maximum absolute atomic E-state index is 5.80. The normalized spacial score (nSPS) is 17.0. The molecule has 4 nitrogen and oxygen atoms in total. The van der Waals surface area contributed by atoms with E-state index in [4.69, 9.17) is 4.74 Å². The largest absolute Gasteiger partial charge is 0.499 e. The van der Waals surface area contributed by atoms with Gasteiger partial charge >= 0.3 is 0 Å². The Morgan fingerprint density at radius 2 is 1.71 bits per heavy atom. The summed E-state index contributed by atoms with van der Waals surface area (Å²) in [4.78, 5) is 9.56. The summed E-state index contributed by atoms with van der Waals surface area (Å²) in [5.74, 6) is 2.25. The number of likely N-dealkylation sites (tertiary alicyclic amines) is 1. The molecule has 0 N–H and O–H groups in total. The average molecular weight is 556 g/mol. The zero-order valence-corrected chi connectivity index (χ0v) is 26.8. The van der Waals surface area contributed by atoms with Crippen LogP contribution < -0.4 is 0 Å². The van der Waals surface area contributed by atoms with Crippen molar-refractivity contribution in [1.29, 1.82) is 0 Å². The fourth-order valence-electron chi connectivity index (χ4n) is 5.76. The molecule has 41 heavy (non-hydrogen) atoms. The highest BCUT2D eigenvalue weighted by atomic mass is 16.5. The van der Waals surface area contributed by atoms with Gasteiger partial charge in [-0.25, -0.2) is 0 Å². The lowest BCUT2D eigenvalue weighted by Crippen LogP contribution is -2.41. The average Bonchev–Trinajstić information content (AvgIpc) is 3.44. The number of hydrogen-bond acceptors (Lipinski definition) is 4. The highest BCUT2D eigenvalue weighted by Crippen LogP contribution is 2.27. The number of piperidine rings is 1. The van der Waals surface area contributed by atoms with Gasteiger partial charge in [0.15, 0.2) is 0 Å². The fourth-order valence-corrected chi connectivity index (χ4v) is 5.76. The number of hydrogen-bond donors (Lipinski definition) is 0. The first-order chi connectivity index (χ1) is 19.8. The predicted molar refractivity (Wildman–Crippen MR) is 179 cm³/mol. The maximum atomic E-state index is 5.80. The van der Waals surface area contributed by atoms with Crippen LogP contribution in [0.5, 0.6) is 0 Å². The zero-order valence-electron chi connectivity index (χ0n) is 26.8. The van der Waals surface area contributed by atoms with E-state index in [1.54, 1.807) is 0 Å². The van der Waals surface area contributed by atoms with E-state index in [0.29, 0.717) is 0 Å². The lowest BCUT2D eigenvalue weighted by atomic mass is 9.96. The molecule has 0 bridgehead atoms. The molecule has 4 heteroatoms. The third-order valence-electron chi connectivity index (χ3n) is 7.98. The molecular weight excluding hydrogens is 502 g/mol. The number of aliphatic imine (C=N–C) groups is 1. The first-order valence-electron chi connectivity index (χ1n) is 15.6. The van der Waals surface area contributed by atoms with Crippen LogP contribution in [-0.4, -0.2) is 61.5 Å². The van der Waals surface area contributed by atoms with Crippen LogP contribution in [0, 0.1) is 13.8 Å². The van der Waals surface area contributed by atoms with E-state index < -0.39 is 0 Å². The fraction of sp³-hybridized carbons (Fsp3) is 0.486. The molecule has 0 amide bonds. The Balaban J connectivity index is 0.000000239. The molecule has 0 saturated carbocycles. The molecule has 2 aliphatic rings. The van der Waals surface area contributed by atoms with Crippen LogP contribution >= 0.6 is 0 Å². The first kappa shape index (κ1) is 32.4. The Bertz CT molecular complexity index is 1220. The molecule has 0 radical (unpaired) electrons. The minimum atomic E-state index is 0.259. The van der Waals surface area contributed by atoms with Crippen molar-refractivity contribution in [2.45, 2.75) is 79.7 Å². The molecule has 1 saturated heterocycles. The second-order valence-electron chi connectivity index (χ2n) is 11.5. The predicted octanol–water partition coefficient (Wildman–Crippen LogP) is 8.69. The standard InChI is InChI=1S/C22H33NO.C15H20N2/c1-6-10-21(24-5)22(23-13-8-7-9-14-23)19(4)16-20-15-17(2)11-12-18(20)3;1-4-10-17-11-9-16-15(17)14-7-5-13(6-8-14)12(2)3/h10-12,15-16,22H,6-9,13-14H2,1-5H3;5-8H,2,4,9-11H2,1,3H3/b19-16+,21-10?;. The van der Waals surface area contributed by atoms with Crippen molar-refractivity contribution >= 4 is 17.5 Å². The van der Waals surface area contributed by atoms with Gasteiger partial charge in [0.05, 0.1) is 19.7 Å². The number of rotatable bonds is 10. The van der Waals surface area contributed by atoms with E-state index in [1.165, 1.54) is 59.1 Å². The molecule has 2 aromatic carbocycles. The number of aryl methyl sites for hydroxylation is 2. The molecule has 1 unspecified atom stereocenters. The van der Waals surface area contributed by atoms with Gasteiger partial charge in [0.1, 0.15) is 11.6 Å². The number of nitrogens with zero attached hydrogens (tertiary/aromatic N) is 3. The minimum Gasteiger partial charge on any atom is -0.499 e. The van der Waals surface area contributed by atoms with Gasteiger partial charge in [-0.1, -0.05) is 86.5 Å². The van der Waals surface area contributed by atoms with E-state index in [-0.39, 0.29) is 6.04 Å². The molecule has 1 fully saturated rings. The monoisotopic (exact) mass is 555 g/mol. The Kier molecular flexibility index (Phi) is 12.9. The van der Waals surface area contributed by atoms with Gasteiger partial charge in [-0.15, -0.1) is 0 Å². The van der Waals surface area contributed by atoms with E-state index in [1.807, 2.05) is 14.0 Å². The van der Waals surface area contributed by atoms with Gasteiger partial charge < -0.3 is 9.64 Å². The van der Waals surface area contributed by atoms with E-state index in [9.17, 15) is 0 Å². The Hall–Kier alpha value is -3.11. The summed E-state index contributed by atoms with van der Waals surface area (Å²) in [6.07, 6.45) is 10.7. The quantitative estimate of drug-likeness (QED) is 0.275. The lowest BCUT2D eigenvalue weighted by molar-refractivity contribution is 0.148. The highest BCUT2D eigenvalue weighted by molar-refractivity contribution is 6.00. The Morgan fingerprint density at radius 1 is 1.00 bits per heavy atom. The summed E-state index contributed by atoms with van der Waals surface area (Å²) in [6.45, 7) is 22.4. The topological polar surface area (TPSA) is 28.1 Å².